The Morgan fingerprint density at radius 3 is 1.90 bits per heavy atom. The Bertz CT molecular complexity index is 1070. The minimum atomic E-state index is -4.62. The Kier molecular flexibility index (Phi) is 5.25. The van der Waals surface area contributed by atoms with Crippen LogP contribution in [-0.4, -0.2) is 0 Å². The SMILES string of the molecule is Cc1ccc(-c2cc(F)c(C(F)(F)Oc3ccc(F)c(F)c3)c(F)c2)c(F)c1F. The van der Waals surface area contributed by atoms with E-state index in [1.807, 2.05) is 0 Å². The summed E-state index contributed by atoms with van der Waals surface area (Å²) in [6, 6.07) is 4.36. The molecular weight excluding hydrogens is 408 g/mol. The second kappa shape index (κ2) is 7.38. The summed E-state index contributed by atoms with van der Waals surface area (Å²) in [4.78, 5) is 0. The molecule has 0 spiro atoms. The normalized spacial score (nSPS) is 11.6. The van der Waals surface area contributed by atoms with E-state index in [0.717, 1.165) is 12.1 Å². The molecule has 0 aliphatic heterocycles. The third kappa shape index (κ3) is 3.90. The number of rotatable bonds is 4. The van der Waals surface area contributed by atoms with Crippen LogP contribution in [-0.2, 0) is 6.11 Å². The molecule has 3 rings (SSSR count). The summed E-state index contributed by atoms with van der Waals surface area (Å²) in [6.07, 6.45) is -4.62. The molecule has 0 heterocycles. The predicted molar refractivity (Wildman–Crippen MR) is 87.3 cm³/mol. The fraction of sp³-hybridized carbons (Fsp3) is 0.100. The van der Waals surface area contributed by atoms with Gasteiger partial charge >= 0.3 is 6.11 Å². The van der Waals surface area contributed by atoms with Gasteiger partial charge in [0.05, 0.1) is 0 Å². The Labute approximate surface area is 159 Å². The van der Waals surface area contributed by atoms with Crippen molar-refractivity contribution in [2.75, 3.05) is 0 Å². The second-order valence-electron chi connectivity index (χ2n) is 6.07. The van der Waals surface area contributed by atoms with Crippen LogP contribution in [0.3, 0.4) is 0 Å². The number of halogens is 8. The molecule has 0 atom stereocenters. The number of hydrogen-bond donors (Lipinski definition) is 0. The number of aryl methyl sites for hydroxylation is 1. The molecule has 3 aromatic carbocycles. The summed E-state index contributed by atoms with van der Waals surface area (Å²) in [5, 5.41) is 0. The maximum Gasteiger partial charge on any atom is 0.432 e. The second-order valence-corrected chi connectivity index (χ2v) is 6.07. The molecule has 0 aromatic heterocycles. The molecule has 29 heavy (non-hydrogen) atoms. The quantitative estimate of drug-likeness (QED) is 0.433. The summed E-state index contributed by atoms with van der Waals surface area (Å²) in [5.74, 6) is -10.0. The van der Waals surface area contributed by atoms with Gasteiger partial charge in [-0.25, -0.2) is 26.3 Å². The molecule has 0 N–H and O–H groups in total. The molecule has 0 aliphatic carbocycles. The number of ether oxygens (including phenoxy) is 1. The van der Waals surface area contributed by atoms with Crippen molar-refractivity contribution in [3.63, 3.8) is 0 Å². The van der Waals surface area contributed by atoms with Gasteiger partial charge in [-0.1, -0.05) is 12.1 Å². The Morgan fingerprint density at radius 1 is 0.690 bits per heavy atom. The first-order valence-corrected chi connectivity index (χ1v) is 7.97. The predicted octanol–water partition coefficient (Wildman–Crippen LogP) is 6.62. The Morgan fingerprint density at radius 2 is 1.31 bits per heavy atom. The highest BCUT2D eigenvalue weighted by molar-refractivity contribution is 5.65. The van der Waals surface area contributed by atoms with Crippen LogP contribution in [0.25, 0.3) is 11.1 Å². The van der Waals surface area contributed by atoms with E-state index in [-0.39, 0.29) is 11.6 Å². The van der Waals surface area contributed by atoms with Gasteiger partial charge < -0.3 is 4.74 Å². The first kappa shape index (κ1) is 20.6. The lowest BCUT2D eigenvalue weighted by Crippen LogP contribution is -2.25. The van der Waals surface area contributed by atoms with Gasteiger partial charge in [-0.05, 0) is 42.3 Å². The molecule has 0 fully saturated rings. The van der Waals surface area contributed by atoms with Crippen LogP contribution < -0.4 is 4.74 Å². The van der Waals surface area contributed by atoms with E-state index in [9.17, 15) is 35.1 Å². The fourth-order valence-corrected chi connectivity index (χ4v) is 2.62. The van der Waals surface area contributed by atoms with Crippen molar-refractivity contribution < 1.29 is 39.9 Å². The largest absolute Gasteiger partial charge is 0.432 e. The summed E-state index contributed by atoms with van der Waals surface area (Å²) >= 11 is 0. The van der Waals surface area contributed by atoms with E-state index in [1.54, 1.807) is 0 Å². The maximum absolute atomic E-state index is 14.3. The third-order valence-corrected chi connectivity index (χ3v) is 4.06. The molecule has 0 aliphatic rings. The molecule has 152 valence electrons. The van der Waals surface area contributed by atoms with Crippen molar-refractivity contribution in [2.24, 2.45) is 0 Å². The Balaban J connectivity index is 2.03. The number of hydrogen-bond acceptors (Lipinski definition) is 1. The first-order valence-electron chi connectivity index (χ1n) is 7.97. The van der Waals surface area contributed by atoms with Crippen molar-refractivity contribution in [2.45, 2.75) is 13.0 Å². The Hall–Kier alpha value is -3.10. The first-order chi connectivity index (χ1) is 13.5. The third-order valence-electron chi connectivity index (χ3n) is 4.06. The van der Waals surface area contributed by atoms with Gasteiger partial charge in [-0.2, -0.15) is 8.78 Å². The highest BCUT2D eigenvalue weighted by atomic mass is 19.3. The van der Waals surface area contributed by atoms with E-state index in [0.29, 0.717) is 24.3 Å². The van der Waals surface area contributed by atoms with Gasteiger partial charge in [0.15, 0.2) is 23.3 Å². The van der Waals surface area contributed by atoms with Crippen molar-refractivity contribution in [1.82, 2.24) is 0 Å². The highest BCUT2D eigenvalue weighted by Gasteiger charge is 2.41. The number of benzene rings is 3. The van der Waals surface area contributed by atoms with Crippen LogP contribution in [0.2, 0.25) is 0 Å². The van der Waals surface area contributed by atoms with Gasteiger partial charge in [0.2, 0.25) is 0 Å². The van der Waals surface area contributed by atoms with Crippen molar-refractivity contribution in [3.05, 3.63) is 88.5 Å². The summed E-state index contributed by atoms with van der Waals surface area (Å²) in [6.45, 7) is 1.27. The minimum Gasteiger partial charge on any atom is -0.429 e. The number of alkyl halides is 2. The van der Waals surface area contributed by atoms with Crippen LogP contribution in [0.15, 0.2) is 42.5 Å². The van der Waals surface area contributed by atoms with E-state index in [1.165, 1.54) is 6.92 Å². The molecule has 0 amide bonds. The maximum atomic E-state index is 14.3. The summed E-state index contributed by atoms with van der Waals surface area (Å²) in [7, 11) is 0. The van der Waals surface area contributed by atoms with Crippen LogP contribution in [0.4, 0.5) is 35.1 Å². The van der Waals surface area contributed by atoms with Gasteiger partial charge in [-0.15, -0.1) is 0 Å². The average molecular weight is 418 g/mol. The van der Waals surface area contributed by atoms with Crippen LogP contribution in [0.5, 0.6) is 5.75 Å². The zero-order chi connectivity index (χ0) is 21.5. The average Bonchev–Trinajstić information content (AvgIpc) is 2.61. The van der Waals surface area contributed by atoms with E-state index < -0.39 is 63.5 Å². The van der Waals surface area contributed by atoms with Crippen LogP contribution in [0.1, 0.15) is 11.1 Å². The molecule has 0 saturated carbocycles. The molecule has 3 aromatic rings. The molecular formula is C20H10F8O. The molecule has 0 bridgehead atoms. The van der Waals surface area contributed by atoms with E-state index in [4.69, 9.17) is 0 Å². The molecule has 1 nitrogen and oxygen atoms in total. The van der Waals surface area contributed by atoms with Crippen molar-refractivity contribution >= 4 is 0 Å². The lowest BCUT2D eigenvalue weighted by atomic mass is 10.0. The monoisotopic (exact) mass is 418 g/mol. The fourth-order valence-electron chi connectivity index (χ4n) is 2.62. The summed E-state index contributed by atoms with van der Waals surface area (Å²) < 4.78 is 115. The van der Waals surface area contributed by atoms with E-state index in [2.05, 4.69) is 4.74 Å². The van der Waals surface area contributed by atoms with Crippen LogP contribution in [0, 0.1) is 41.8 Å². The molecule has 9 heteroatoms. The zero-order valence-corrected chi connectivity index (χ0v) is 14.5. The zero-order valence-electron chi connectivity index (χ0n) is 14.5. The van der Waals surface area contributed by atoms with Crippen molar-refractivity contribution in [3.8, 4) is 16.9 Å². The lowest BCUT2D eigenvalue weighted by Gasteiger charge is -2.20. The molecule has 0 unspecified atom stereocenters. The van der Waals surface area contributed by atoms with Gasteiger partial charge in [0.25, 0.3) is 0 Å². The standard InChI is InChI=1S/C20H10F8O/c1-9-2-4-12(19(26)18(9)25)10-6-15(23)17(16(24)7-10)20(27,28)29-11-3-5-13(21)14(22)8-11/h2-8H,1H3. The summed E-state index contributed by atoms with van der Waals surface area (Å²) in [5.41, 5.74) is -2.96. The van der Waals surface area contributed by atoms with E-state index >= 15 is 0 Å². The molecule has 0 radical (unpaired) electrons. The minimum absolute atomic E-state index is 0.0599. The lowest BCUT2D eigenvalue weighted by molar-refractivity contribution is -0.189. The highest BCUT2D eigenvalue weighted by Crippen LogP contribution is 2.38. The van der Waals surface area contributed by atoms with Gasteiger partial charge in [0, 0.05) is 11.6 Å². The van der Waals surface area contributed by atoms with Crippen molar-refractivity contribution in [1.29, 1.82) is 0 Å². The van der Waals surface area contributed by atoms with Gasteiger partial charge in [-0.3, -0.25) is 0 Å². The van der Waals surface area contributed by atoms with Gasteiger partial charge in [0.1, 0.15) is 22.9 Å². The van der Waals surface area contributed by atoms with Crippen LogP contribution >= 0.6 is 0 Å². The molecule has 0 saturated heterocycles. The topological polar surface area (TPSA) is 9.23 Å². The smallest absolute Gasteiger partial charge is 0.429 e.